The molecular formula is C14H12MgO6. The van der Waals surface area contributed by atoms with Gasteiger partial charge in [-0.2, -0.15) is 0 Å². The van der Waals surface area contributed by atoms with E-state index in [1.165, 1.54) is 36.4 Å². The highest BCUT2D eigenvalue weighted by molar-refractivity contribution is 5.94. The smallest absolute Gasteiger partial charge is 0.339 e. The van der Waals surface area contributed by atoms with Crippen LogP contribution < -0.4 is 0 Å². The Morgan fingerprint density at radius 1 is 0.714 bits per heavy atom. The molecule has 0 atom stereocenters. The number of aromatic hydroxyl groups is 2. The predicted molar refractivity (Wildman–Crippen MR) is 77.7 cm³/mol. The molecule has 106 valence electrons. The van der Waals surface area contributed by atoms with Crippen LogP contribution in [0.5, 0.6) is 11.5 Å². The van der Waals surface area contributed by atoms with Crippen molar-refractivity contribution in [2.75, 3.05) is 0 Å². The predicted octanol–water partition coefficient (Wildman–Crippen LogP) is 1.24. The zero-order chi connectivity index (χ0) is 14.9. The van der Waals surface area contributed by atoms with Crippen molar-refractivity contribution in [3.05, 3.63) is 47.5 Å². The molecule has 0 spiro atoms. The van der Waals surface area contributed by atoms with Crippen LogP contribution in [-0.4, -0.2) is 55.4 Å². The van der Waals surface area contributed by atoms with Crippen LogP contribution in [0.1, 0.15) is 20.7 Å². The Labute approximate surface area is 135 Å². The average molecular weight is 301 g/mol. The second-order valence-corrected chi connectivity index (χ2v) is 4.07. The SMILES string of the molecule is O=C(O)c1cc(-c2ccc(O)c(C(=O)O)c2)ccc1O.[MgH2]. The summed E-state index contributed by atoms with van der Waals surface area (Å²) in [4.78, 5) is 21.9. The van der Waals surface area contributed by atoms with Gasteiger partial charge in [-0.3, -0.25) is 0 Å². The highest BCUT2D eigenvalue weighted by Crippen LogP contribution is 2.29. The molecule has 0 aromatic heterocycles. The van der Waals surface area contributed by atoms with Gasteiger partial charge in [-0.1, -0.05) is 12.1 Å². The van der Waals surface area contributed by atoms with Crippen molar-refractivity contribution in [3.63, 3.8) is 0 Å². The third-order valence-electron chi connectivity index (χ3n) is 2.79. The van der Waals surface area contributed by atoms with E-state index in [1.54, 1.807) is 0 Å². The summed E-state index contributed by atoms with van der Waals surface area (Å²) >= 11 is 0. The summed E-state index contributed by atoms with van der Waals surface area (Å²) in [5, 5.41) is 36.7. The Bertz CT molecular complexity index is 649. The molecule has 21 heavy (non-hydrogen) atoms. The molecule has 2 rings (SSSR count). The first-order valence-corrected chi connectivity index (χ1v) is 5.53. The minimum absolute atomic E-state index is 0. The first kappa shape index (κ1) is 16.8. The Morgan fingerprint density at radius 2 is 1.05 bits per heavy atom. The lowest BCUT2D eigenvalue weighted by Crippen LogP contribution is -1.99. The van der Waals surface area contributed by atoms with E-state index in [9.17, 15) is 19.8 Å². The quantitative estimate of drug-likeness (QED) is 0.634. The van der Waals surface area contributed by atoms with Gasteiger partial charge in [-0.15, -0.1) is 0 Å². The molecule has 0 radical (unpaired) electrons. The summed E-state index contributed by atoms with van der Waals surface area (Å²) in [7, 11) is 0. The van der Waals surface area contributed by atoms with E-state index >= 15 is 0 Å². The standard InChI is InChI=1S/C14H10O6.Mg.2H/c15-11-3-1-7(5-9(11)13(17)18)8-2-4-12(16)10(6-8)14(19)20;;;/h1-6,15-16H,(H,17,18)(H,19,20);;;. The largest absolute Gasteiger partial charge is 0.507 e. The van der Waals surface area contributed by atoms with E-state index in [2.05, 4.69) is 0 Å². The zero-order valence-corrected chi connectivity index (χ0v) is 10.1. The second kappa shape index (κ2) is 6.46. The molecule has 0 saturated heterocycles. The molecule has 7 heteroatoms. The number of hydrogen-bond donors (Lipinski definition) is 4. The fourth-order valence-electron chi connectivity index (χ4n) is 1.77. The number of carboxylic acid groups (broad SMARTS) is 2. The average Bonchev–Trinajstić information content (AvgIpc) is 2.39. The Kier molecular flexibility index (Phi) is 5.17. The number of hydrogen-bond acceptors (Lipinski definition) is 4. The van der Waals surface area contributed by atoms with Gasteiger partial charge in [0.15, 0.2) is 0 Å². The van der Waals surface area contributed by atoms with Crippen LogP contribution in [0.2, 0.25) is 0 Å². The van der Waals surface area contributed by atoms with Crippen molar-refractivity contribution < 1.29 is 30.0 Å². The van der Waals surface area contributed by atoms with Gasteiger partial charge in [0.1, 0.15) is 22.6 Å². The topological polar surface area (TPSA) is 115 Å². The van der Waals surface area contributed by atoms with Gasteiger partial charge >= 0.3 is 35.0 Å². The molecular weight excluding hydrogens is 288 g/mol. The van der Waals surface area contributed by atoms with E-state index in [-0.39, 0.29) is 45.7 Å². The van der Waals surface area contributed by atoms with Gasteiger partial charge in [-0.25, -0.2) is 9.59 Å². The van der Waals surface area contributed by atoms with Gasteiger partial charge < -0.3 is 20.4 Å². The maximum absolute atomic E-state index is 10.9. The van der Waals surface area contributed by atoms with Gasteiger partial charge in [0.05, 0.1) is 0 Å². The molecule has 0 bridgehead atoms. The summed E-state index contributed by atoms with van der Waals surface area (Å²) in [5.74, 6) is -3.33. The first-order chi connectivity index (χ1) is 9.40. The zero-order valence-electron chi connectivity index (χ0n) is 10.1. The molecule has 0 aliphatic carbocycles. The second-order valence-electron chi connectivity index (χ2n) is 4.07. The summed E-state index contributed by atoms with van der Waals surface area (Å²) in [5.41, 5.74) is 0.269. The molecule has 6 nitrogen and oxygen atoms in total. The fraction of sp³-hybridized carbons (Fsp3) is 0. The Hall–Kier alpha value is -2.25. The van der Waals surface area contributed by atoms with Crippen molar-refractivity contribution in [2.45, 2.75) is 0 Å². The van der Waals surface area contributed by atoms with Gasteiger partial charge in [-0.05, 0) is 35.4 Å². The van der Waals surface area contributed by atoms with Crippen molar-refractivity contribution in [1.82, 2.24) is 0 Å². The molecule has 0 unspecified atom stereocenters. The van der Waals surface area contributed by atoms with Crippen LogP contribution >= 0.6 is 0 Å². The third kappa shape index (κ3) is 3.44. The van der Waals surface area contributed by atoms with E-state index in [0.29, 0.717) is 11.1 Å². The van der Waals surface area contributed by atoms with Gasteiger partial charge in [0.25, 0.3) is 0 Å². The van der Waals surface area contributed by atoms with Crippen LogP contribution in [0.4, 0.5) is 0 Å². The maximum Gasteiger partial charge on any atom is 0.339 e. The lowest BCUT2D eigenvalue weighted by Gasteiger charge is -2.07. The number of benzene rings is 2. The molecule has 0 aliphatic rings. The van der Waals surface area contributed by atoms with Crippen LogP contribution in [0.15, 0.2) is 36.4 Å². The molecule has 0 heterocycles. The Morgan fingerprint density at radius 3 is 1.33 bits per heavy atom. The van der Waals surface area contributed by atoms with E-state index in [0.717, 1.165) is 0 Å². The minimum Gasteiger partial charge on any atom is -0.507 e. The summed E-state index contributed by atoms with van der Waals surface area (Å²) in [6, 6.07) is 7.81. The van der Waals surface area contributed by atoms with Crippen LogP contribution in [0.3, 0.4) is 0 Å². The summed E-state index contributed by atoms with van der Waals surface area (Å²) in [6.45, 7) is 0. The van der Waals surface area contributed by atoms with Crippen molar-refractivity contribution in [3.8, 4) is 22.6 Å². The molecule has 0 fully saturated rings. The fourth-order valence-corrected chi connectivity index (χ4v) is 1.77. The highest BCUT2D eigenvalue weighted by atomic mass is 24.3. The van der Waals surface area contributed by atoms with Crippen LogP contribution in [0, 0.1) is 0 Å². The van der Waals surface area contributed by atoms with Crippen molar-refractivity contribution >= 4 is 35.0 Å². The first-order valence-electron chi connectivity index (χ1n) is 5.53. The number of rotatable bonds is 3. The lowest BCUT2D eigenvalue weighted by molar-refractivity contribution is 0.0682. The number of phenols is 2. The number of carboxylic acids is 2. The molecule has 2 aromatic rings. The molecule has 2 aromatic carbocycles. The van der Waals surface area contributed by atoms with Gasteiger partial charge in [0.2, 0.25) is 0 Å². The van der Waals surface area contributed by atoms with E-state index < -0.39 is 11.9 Å². The number of carbonyl (C=O) groups is 2. The minimum atomic E-state index is -1.29. The van der Waals surface area contributed by atoms with Crippen LogP contribution in [-0.2, 0) is 0 Å². The third-order valence-corrected chi connectivity index (χ3v) is 2.79. The van der Waals surface area contributed by atoms with Crippen LogP contribution in [0.25, 0.3) is 11.1 Å². The summed E-state index contributed by atoms with van der Waals surface area (Å²) in [6.07, 6.45) is 0. The molecule has 0 amide bonds. The molecule has 0 aliphatic heterocycles. The lowest BCUT2D eigenvalue weighted by atomic mass is 10.00. The van der Waals surface area contributed by atoms with Crippen molar-refractivity contribution in [1.29, 1.82) is 0 Å². The van der Waals surface area contributed by atoms with Gasteiger partial charge in [0, 0.05) is 0 Å². The molecule has 4 N–H and O–H groups in total. The monoisotopic (exact) mass is 300 g/mol. The highest BCUT2D eigenvalue weighted by Gasteiger charge is 2.14. The summed E-state index contributed by atoms with van der Waals surface area (Å²) < 4.78 is 0. The van der Waals surface area contributed by atoms with Crippen molar-refractivity contribution in [2.24, 2.45) is 0 Å². The van der Waals surface area contributed by atoms with E-state index in [1.807, 2.05) is 0 Å². The maximum atomic E-state index is 10.9. The molecule has 0 saturated carbocycles. The normalized spacial score (nSPS) is 9.71. The van der Waals surface area contributed by atoms with E-state index in [4.69, 9.17) is 10.2 Å². The number of aromatic carboxylic acids is 2. The Balaban J connectivity index is 0.00000220.